The monoisotopic (exact) mass is 244 g/mol. The van der Waals surface area contributed by atoms with Gasteiger partial charge < -0.3 is 5.11 Å². The summed E-state index contributed by atoms with van der Waals surface area (Å²) in [6, 6.07) is 12.7. The van der Waals surface area contributed by atoms with Crippen LogP contribution in [0.1, 0.15) is 28.3 Å². The van der Waals surface area contributed by atoms with Crippen LogP contribution in [0, 0.1) is 0 Å². The molecule has 1 aromatic heterocycles. The summed E-state index contributed by atoms with van der Waals surface area (Å²) in [7, 11) is 0. The van der Waals surface area contributed by atoms with Crippen molar-refractivity contribution in [3.63, 3.8) is 0 Å². The third-order valence-electron chi connectivity index (χ3n) is 3.63. The van der Waals surface area contributed by atoms with Crippen LogP contribution in [0.2, 0.25) is 0 Å². The van der Waals surface area contributed by atoms with Crippen LogP contribution in [0.25, 0.3) is 0 Å². The standard InChI is InChI=1S/C15H16OS/c16-15(8-7-12-5-3-9-17-12)14-10-11-4-1-2-6-13(11)14/h1-6,9,14-16H,7-8,10H2. The summed E-state index contributed by atoms with van der Waals surface area (Å²) in [5.41, 5.74) is 2.76. The van der Waals surface area contributed by atoms with E-state index in [9.17, 15) is 5.11 Å². The van der Waals surface area contributed by atoms with Crippen LogP contribution in [-0.2, 0) is 12.8 Å². The summed E-state index contributed by atoms with van der Waals surface area (Å²) in [6.07, 6.45) is 2.73. The highest BCUT2D eigenvalue weighted by molar-refractivity contribution is 7.09. The predicted octanol–water partition coefficient (Wildman–Crippen LogP) is 3.38. The van der Waals surface area contributed by atoms with Crippen molar-refractivity contribution in [2.75, 3.05) is 0 Å². The molecular formula is C15H16OS. The molecule has 1 nitrogen and oxygen atoms in total. The second kappa shape index (κ2) is 4.63. The highest BCUT2D eigenvalue weighted by Crippen LogP contribution is 2.38. The minimum absolute atomic E-state index is 0.188. The van der Waals surface area contributed by atoms with Crippen molar-refractivity contribution in [3.05, 3.63) is 57.8 Å². The van der Waals surface area contributed by atoms with Crippen molar-refractivity contribution in [1.29, 1.82) is 0 Å². The number of hydrogen-bond acceptors (Lipinski definition) is 2. The zero-order chi connectivity index (χ0) is 11.7. The topological polar surface area (TPSA) is 20.2 Å². The van der Waals surface area contributed by atoms with Crippen molar-refractivity contribution in [1.82, 2.24) is 0 Å². The molecule has 1 aliphatic carbocycles. The maximum Gasteiger partial charge on any atom is 0.0615 e. The lowest BCUT2D eigenvalue weighted by Gasteiger charge is -2.33. The molecule has 0 amide bonds. The summed E-state index contributed by atoms with van der Waals surface area (Å²) in [6.45, 7) is 0. The minimum Gasteiger partial charge on any atom is -0.392 e. The van der Waals surface area contributed by atoms with Crippen LogP contribution >= 0.6 is 11.3 Å². The lowest BCUT2D eigenvalue weighted by molar-refractivity contribution is 0.124. The summed E-state index contributed by atoms with van der Waals surface area (Å²) in [5, 5.41) is 12.3. The summed E-state index contributed by atoms with van der Waals surface area (Å²) in [4.78, 5) is 1.37. The Morgan fingerprint density at radius 3 is 2.88 bits per heavy atom. The van der Waals surface area contributed by atoms with Gasteiger partial charge in [0.25, 0.3) is 0 Å². The molecule has 1 aliphatic rings. The number of aryl methyl sites for hydroxylation is 1. The molecule has 0 saturated carbocycles. The first-order chi connectivity index (χ1) is 8.34. The molecule has 0 aliphatic heterocycles. The molecule has 1 N–H and O–H groups in total. The van der Waals surface area contributed by atoms with Gasteiger partial charge in [0.1, 0.15) is 0 Å². The van der Waals surface area contributed by atoms with Gasteiger partial charge in [0.15, 0.2) is 0 Å². The molecular weight excluding hydrogens is 228 g/mol. The van der Waals surface area contributed by atoms with E-state index in [2.05, 4.69) is 41.8 Å². The number of fused-ring (bicyclic) bond motifs is 1. The van der Waals surface area contributed by atoms with E-state index in [1.54, 1.807) is 11.3 Å². The first-order valence-electron chi connectivity index (χ1n) is 6.13. The highest BCUT2D eigenvalue weighted by atomic mass is 32.1. The molecule has 0 fully saturated rings. The van der Waals surface area contributed by atoms with Gasteiger partial charge in [-0.05, 0) is 41.8 Å². The number of aliphatic hydroxyl groups excluding tert-OH is 1. The lowest BCUT2D eigenvalue weighted by Crippen LogP contribution is -2.29. The molecule has 3 rings (SSSR count). The average molecular weight is 244 g/mol. The maximum absolute atomic E-state index is 10.2. The Hall–Kier alpha value is -1.12. The van der Waals surface area contributed by atoms with E-state index in [4.69, 9.17) is 0 Å². The van der Waals surface area contributed by atoms with Gasteiger partial charge in [0.2, 0.25) is 0 Å². The predicted molar refractivity (Wildman–Crippen MR) is 71.5 cm³/mol. The van der Waals surface area contributed by atoms with Gasteiger partial charge in [0.05, 0.1) is 6.10 Å². The van der Waals surface area contributed by atoms with Crippen LogP contribution in [0.4, 0.5) is 0 Å². The molecule has 17 heavy (non-hydrogen) atoms. The molecule has 0 spiro atoms. The van der Waals surface area contributed by atoms with Gasteiger partial charge in [-0.1, -0.05) is 30.3 Å². The Labute approximate surface area is 106 Å². The average Bonchev–Trinajstić information content (AvgIpc) is 2.81. The molecule has 0 radical (unpaired) electrons. The number of benzene rings is 1. The second-order valence-electron chi connectivity index (χ2n) is 4.69. The SMILES string of the molecule is OC(CCc1cccs1)C1Cc2ccccc21. The van der Waals surface area contributed by atoms with Gasteiger partial charge in [-0.3, -0.25) is 0 Å². The Morgan fingerprint density at radius 2 is 2.12 bits per heavy atom. The van der Waals surface area contributed by atoms with Crippen LogP contribution in [0.3, 0.4) is 0 Å². The molecule has 2 aromatic rings. The molecule has 0 saturated heterocycles. The normalized spacial score (nSPS) is 19.5. The van der Waals surface area contributed by atoms with Crippen LogP contribution in [-0.4, -0.2) is 11.2 Å². The van der Waals surface area contributed by atoms with E-state index in [0.29, 0.717) is 5.92 Å². The van der Waals surface area contributed by atoms with E-state index in [0.717, 1.165) is 19.3 Å². The van der Waals surface area contributed by atoms with E-state index in [-0.39, 0.29) is 6.10 Å². The molecule has 2 heteroatoms. The fourth-order valence-electron chi connectivity index (χ4n) is 2.59. The van der Waals surface area contributed by atoms with Crippen LogP contribution in [0.5, 0.6) is 0 Å². The van der Waals surface area contributed by atoms with Crippen molar-refractivity contribution in [2.24, 2.45) is 0 Å². The lowest BCUT2D eigenvalue weighted by atomic mass is 9.73. The van der Waals surface area contributed by atoms with Gasteiger partial charge in [-0.15, -0.1) is 11.3 Å². The minimum atomic E-state index is -0.188. The third kappa shape index (κ3) is 2.15. The Kier molecular flexibility index (Phi) is 3.00. The molecule has 1 heterocycles. The van der Waals surface area contributed by atoms with Gasteiger partial charge in [-0.2, -0.15) is 0 Å². The second-order valence-corrected chi connectivity index (χ2v) is 5.73. The number of rotatable bonds is 4. The smallest absolute Gasteiger partial charge is 0.0615 e. The van der Waals surface area contributed by atoms with Crippen LogP contribution < -0.4 is 0 Å². The quantitative estimate of drug-likeness (QED) is 0.874. The zero-order valence-corrected chi connectivity index (χ0v) is 10.5. The fraction of sp³-hybridized carbons (Fsp3) is 0.333. The molecule has 2 unspecified atom stereocenters. The van der Waals surface area contributed by atoms with E-state index >= 15 is 0 Å². The van der Waals surface area contributed by atoms with Crippen molar-refractivity contribution in [2.45, 2.75) is 31.3 Å². The molecule has 2 atom stereocenters. The first-order valence-corrected chi connectivity index (χ1v) is 7.01. The molecule has 1 aromatic carbocycles. The number of thiophene rings is 1. The van der Waals surface area contributed by atoms with E-state index in [1.807, 2.05) is 0 Å². The fourth-order valence-corrected chi connectivity index (χ4v) is 3.31. The highest BCUT2D eigenvalue weighted by Gasteiger charge is 2.31. The number of hydrogen-bond donors (Lipinski definition) is 1. The molecule has 88 valence electrons. The van der Waals surface area contributed by atoms with Gasteiger partial charge in [-0.25, -0.2) is 0 Å². The number of aliphatic hydroxyl groups is 1. The van der Waals surface area contributed by atoms with Crippen molar-refractivity contribution >= 4 is 11.3 Å². The summed E-state index contributed by atoms with van der Waals surface area (Å²) in [5.74, 6) is 0.367. The van der Waals surface area contributed by atoms with Crippen molar-refractivity contribution in [3.8, 4) is 0 Å². The maximum atomic E-state index is 10.2. The first kappa shape index (κ1) is 11.0. The Balaban J connectivity index is 1.60. The molecule has 0 bridgehead atoms. The van der Waals surface area contributed by atoms with Gasteiger partial charge >= 0.3 is 0 Å². The Bertz CT molecular complexity index is 489. The third-order valence-corrected chi connectivity index (χ3v) is 4.56. The van der Waals surface area contributed by atoms with E-state index < -0.39 is 0 Å². The van der Waals surface area contributed by atoms with Crippen molar-refractivity contribution < 1.29 is 5.11 Å². The van der Waals surface area contributed by atoms with E-state index in [1.165, 1.54) is 16.0 Å². The van der Waals surface area contributed by atoms with Crippen LogP contribution in [0.15, 0.2) is 41.8 Å². The Morgan fingerprint density at radius 1 is 1.24 bits per heavy atom. The summed E-state index contributed by atoms with van der Waals surface area (Å²) < 4.78 is 0. The largest absolute Gasteiger partial charge is 0.392 e. The summed E-state index contributed by atoms with van der Waals surface area (Å²) >= 11 is 1.78. The zero-order valence-electron chi connectivity index (χ0n) is 9.67. The van der Waals surface area contributed by atoms with Gasteiger partial charge in [0, 0.05) is 10.8 Å².